The molecule has 1 saturated heterocycles. The highest BCUT2D eigenvalue weighted by Gasteiger charge is 2.64. The molecule has 0 aromatic heterocycles. The van der Waals surface area contributed by atoms with Crippen LogP contribution in [0.2, 0.25) is 0 Å². The minimum Gasteiger partial charge on any atom is -0.313 e. The Bertz CT molecular complexity index is 200. The molecule has 1 atom stereocenters. The maximum atomic E-state index is 3.72. The molecular weight excluding hydrogens is 172 g/mol. The molecular formula is C12H24N2. The van der Waals surface area contributed by atoms with Crippen LogP contribution in [0.5, 0.6) is 0 Å². The zero-order valence-electron chi connectivity index (χ0n) is 9.98. The van der Waals surface area contributed by atoms with Gasteiger partial charge in [-0.25, -0.2) is 0 Å². The molecule has 14 heavy (non-hydrogen) atoms. The van der Waals surface area contributed by atoms with E-state index in [-0.39, 0.29) is 0 Å². The van der Waals surface area contributed by atoms with E-state index in [1.54, 1.807) is 0 Å². The molecule has 2 fully saturated rings. The van der Waals surface area contributed by atoms with Gasteiger partial charge in [-0.15, -0.1) is 0 Å². The van der Waals surface area contributed by atoms with E-state index in [2.05, 4.69) is 38.3 Å². The molecule has 2 nitrogen and oxygen atoms in total. The Kier molecular flexibility index (Phi) is 2.39. The van der Waals surface area contributed by atoms with Gasteiger partial charge in [-0.05, 0) is 30.2 Å². The average molecular weight is 196 g/mol. The van der Waals surface area contributed by atoms with Gasteiger partial charge in [-0.2, -0.15) is 0 Å². The maximum absolute atomic E-state index is 3.72. The molecule has 0 aromatic carbocycles. The maximum Gasteiger partial charge on any atom is 0.0193 e. The molecule has 0 aromatic rings. The van der Waals surface area contributed by atoms with Crippen molar-refractivity contribution in [2.45, 2.75) is 52.6 Å². The lowest BCUT2D eigenvalue weighted by Crippen LogP contribution is -2.36. The topological polar surface area (TPSA) is 24.1 Å². The van der Waals surface area contributed by atoms with E-state index in [0.29, 0.717) is 16.9 Å². The van der Waals surface area contributed by atoms with E-state index in [4.69, 9.17) is 0 Å². The molecule has 2 heteroatoms. The second-order valence-corrected chi connectivity index (χ2v) is 6.08. The summed E-state index contributed by atoms with van der Waals surface area (Å²) in [6.07, 6.45) is 2.70. The molecule has 1 unspecified atom stereocenters. The standard InChI is InChI=1S/C12H24N2/c1-11(2)10(12(11,3)4)14-8-9-6-5-7-13-9/h9-10,13-14H,5-8H2,1-4H3. The molecule has 82 valence electrons. The van der Waals surface area contributed by atoms with Gasteiger partial charge in [0.15, 0.2) is 0 Å². The van der Waals surface area contributed by atoms with Gasteiger partial charge in [-0.1, -0.05) is 27.7 Å². The second kappa shape index (κ2) is 3.21. The van der Waals surface area contributed by atoms with Crippen LogP contribution in [-0.2, 0) is 0 Å². The summed E-state index contributed by atoms with van der Waals surface area (Å²) in [6, 6.07) is 1.43. The van der Waals surface area contributed by atoms with Crippen LogP contribution in [0.25, 0.3) is 0 Å². The monoisotopic (exact) mass is 196 g/mol. The van der Waals surface area contributed by atoms with E-state index in [1.165, 1.54) is 19.4 Å². The summed E-state index contributed by atoms with van der Waals surface area (Å²) in [5, 5.41) is 7.25. The van der Waals surface area contributed by atoms with Crippen molar-refractivity contribution < 1.29 is 0 Å². The number of hydrogen-bond acceptors (Lipinski definition) is 2. The van der Waals surface area contributed by atoms with E-state index < -0.39 is 0 Å². The lowest BCUT2D eigenvalue weighted by Gasteiger charge is -2.12. The third kappa shape index (κ3) is 1.49. The molecule has 1 heterocycles. The highest BCUT2D eigenvalue weighted by molar-refractivity contribution is 5.17. The van der Waals surface area contributed by atoms with E-state index in [1.807, 2.05) is 0 Å². The third-order valence-electron chi connectivity index (χ3n) is 4.75. The summed E-state index contributed by atoms with van der Waals surface area (Å²) in [5.74, 6) is 0. The molecule has 2 rings (SSSR count). The summed E-state index contributed by atoms with van der Waals surface area (Å²) in [5.41, 5.74) is 0.956. The highest BCUT2D eigenvalue weighted by Crippen LogP contribution is 2.62. The van der Waals surface area contributed by atoms with Crippen molar-refractivity contribution >= 4 is 0 Å². The average Bonchev–Trinajstić information content (AvgIpc) is 2.54. The van der Waals surface area contributed by atoms with Crippen LogP contribution in [0.3, 0.4) is 0 Å². The van der Waals surface area contributed by atoms with Crippen molar-refractivity contribution in [2.75, 3.05) is 13.1 Å². The van der Waals surface area contributed by atoms with Crippen molar-refractivity contribution in [3.8, 4) is 0 Å². The molecule has 0 radical (unpaired) electrons. The van der Waals surface area contributed by atoms with Gasteiger partial charge < -0.3 is 10.6 Å². The molecule has 1 aliphatic carbocycles. The van der Waals surface area contributed by atoms with E-state index in [0.717, 1.165) is 12.6 Å². The lowest BCUT2D eigenvalue weighted by molar-refractivity contribution is 0.457. The van der Waals surface area contributed by atoms with Gasteiger partial charge in [0.2, 0.25) is 0 Å². The van der Waals surface area contributed by atoms with Crippen LogP contribution < -0.4 is 10.6 Å². The normalized spacial score (nSPS) is 34.7. The fourth-order valence-corrected chi connectivity index (χ4v) is 2.90. The Morgan fingerprint density at radius 2 is 1.86 bits per heavy atom. The van der Waals surface area contributed by atoms with Crippen LogP contribution in [-0.4, -0.2) is 25.2 Å². The number of nitrogens with one attached hydrogen (secondary N) is 2. The zero-order chi connectivity index (χ0) is 10.4. The second-order valence-electron chi connectivity index (χ2n) is 6.08. The number of rotatable bonds is 3. The Morgan fingerprint density at radius 3 is 2.29 bits per heavy atom. The first kappa shape index (κ1) is 10.4. The van der Waals surface area contributed by atoms with Gasteiger partial charge >= 0.3 is 0 Å². The van der Waals surface area contributed by atoms with Crippen molar-refractivity contribution in [3.05, 3.63) is 0 Å². The molecule has 0 bridgehead atoms. The first-order valence-electron chi connectivity index (χ1n) is 5.93. The molecule has 2 N–H and O–H groups in total. The Morgan fingerprint density at radius 1 is 1.21 bits per heavy atom. The molecule has 0 spiro atoms. The molecule has 2 aliphatic rings. The Labute approximate surface area is 87.8 Å². The van der Waals surface area contributed by atoms with Crippen LogP contribution in [0.1, 0.15) is 40.5 Å². The Balaban J connectivity index is 1.77. The van der Waals surface area contributed by atoms with Crippen LogP contribution in [0.4, 0.5) is 0 Å². The van der Waals surface area contributed by atoms with Gasteiger partial charge in [0, 0.05) is 18.6 Å². The summed E-state index contributed by atoms with van der Waals surface area (Å²) >= 11 is 0. The van der Waals surface area contributed by atoms with Crippen LogP contribution in [0.15, 0.2) is 0 Å². The summed E-state index contributed by atoms with van der Waals surface area (Å²) in [6.45, 7) is 11.8. The molecule has 1 saturated carbocycles. The first-order chi connectivity index (χ1) is 6.46. The fourth-order valence-electron chi connectivity index (χ4n) is 2.90. The Hall–Kier alpha value is -0.0800. The summed E-state index contributed by atoms with van der Waals surface area (Å²) in [7, 11) is 0. The minimum atomic E-state index is 0.478. The SMILES string of the molecule is CC1(C)C(NCC2CCCN2)C1(C)C. The largest absolute Gasteiger partial charge is 0.313 e. The van der Waals surface area contributed by atoms with Gasteiger partial charge in [0.05, 0.1) is 0 Å². The van der Waals surface area contributed by atoms with E-state index in [9.17, 15) is 0 Å². The zero-order valence-corrected chi connectivity index (χ0v) is 9.98. The predicted molar refractivity (Wildman–Crippen MR) is 60.4 cm³/mol. The van der Waals surface area contributed by atoms with Crippen molar-refractivity contribution in [2.24, 2.45) is 10.8 Å². The van der Waals surface area contributed by atoms with Crippen molar-refractivity contribution in [3.63, 3.8) is 0 Å². The smallest absolute Gasteiger partial charge is 0.0193 e. The first-order valence-corrected chi connectivity index (χ1v) is 5.93. The van der Waals surface area contributed by atoms with Gasteiger partial charge in [-0.3, -0.25) is 0 Å². The predicted octanol–water partition coefficient (Wildman–Crippen LogP) is 1.76. The van der Waals surface area contributed by atoms with Gasteiger partial charge in [0.25, 0.3) is 0 Å². The minimum absolute atomic E-state index is 0.478. The van der Waals surface area contributed by atoms with E-state index >= 15 is 0 Å². The summed E-state index contributed by atoms with van der Waals surface area (Å²) < 4.78 is 0. The quantitative estimate of drug-likeness (QED) is 0.719. The molecule has 1 aliphatic heterocycles. The van der Waals surface area contributed by atoms with Gasteiger partial charge in [0.1, 0.15) is 0 Å². The third-order valence-corrected chi connectivity index (χ3v) is 4.75. The van der Waals surface area contributed by atoms with Crippen LogP contribution in [0, 0.1) is 10.8 Å². The number of hydrogen-bond donors (Lipinski definition) is 2. The molecule has 0 amide bonds. The van der Waals surface area contributed by atoms with Crippen molar-refractivity contribution in [1.82, 2.24) is 10.6 Å². The van der Waals surface area contributed by atoms with Crippen LogP contribution >= 0.6 is 0 Å². The fraction of sp³-hybridized carbons (Fsp3) is 1.00. The van der Waals surface area contributed by atoms with Crippen molar-refractivity contribution in [1.29, 1.82) is 0 Å². The lowest BCUT2D eigenvalue weighted by atomic mass is 10.0. The summed E-state index contributed by atoms with van der Waals surface area (Å²) in [4.78, 5) is 0. The highest BCUT2D eigenvalue weighted by atomic mass is 15.1.